The van der Waals surface area contributed by atoms with Gasteiger partial charge in [-0.3, -0.25) is 9.59 Å². The average Bonchev–Trinajstić information content (AvgIpc) is 2.86. The van der Waals surface area contributed by atoms with E-state index in [4.69, 9.17) is 0 Å². The minimum atomic E-state index is -0.567. The number of rotatable bonds is 12. The van der Waals surface area contributed by atoms with E-state index in [1.165, 1.54) is 0 Å². The third-order valence-electron chi connectivity index (χ3n) is 6.01. The highest BCUT2D eigenvalue weighted by Crippen LogP contribution is 2.17. The summed E-state index contributed by atoms with van der Waals surface area (Å²) in [4.78, 5) is 28.8. The number of amides is 2. The molecule has 4 heteroatoms. The van der Waals surface area contributed by atoms with E-state index in [1.807, 2.05) is 85.8 Å². The Morgan fingerprint density at radius 1 is 0.853 bits per heavy atom. The van der Waals surface area contributed by atoms with Gasteiger partial charge in [-0.1, -0.05) is 104 Å². The maximum Gasteiger partial charge on any atom is 0.243 e. The van der Waals surface area contributed by atoms with Crippen molar-refractivity contribution in [3.05, 3.63) is 107 Å². The van der Waals surface area contributed by atoms with E-state index >= 15 is 0 Å². The Kier molecular flexibility index (Phi) is 9.90. The molecule has 1 atom stereocenters. The molecule has 0 aliphatic heterocycles. The van der Waals surface area contributed by atoms with Gasteiger partial charge in [-0.05, 0) is 36.5 Å². The van der Waals surface area contributed by atoms with Crippen molar-refractivity contribution in [1.29, 1.82) is 0 Å². The Morgan fingerprint density at radius 2 is 1.50 bits per heavy atom. The van der Waals surface area contributed by atoms with Crippen LogP contribution in [-0.2, 0) is 29.0 Å². The molecule has 0 heterocycles. The van der Waals surface area contributed by atoms with Crippen molar-refractivity contribution >= 4 is 11.8 Å². The Balaban J connectivity index is 1.87. The van der Waals surface area contributed by atoms with Crippen LogP contribution in [0.2, 0.25) is 0 Å². The smallest absolute Gasteiger partial charge is 0.243 e. The van der Waals surface area contributed by atoms with Crippen molar-refractivity contribution in [2.24, 2.45) is 0 Å². The molecule has 0 aliphatic carbocycles. The van der Waals surface area contributed by atoms with Crippen molar-refractivity contribution in [3.8, 4) is 0 Å². The van der Waals surface area contributed by atoms with Crippen molar-refractivity contribution < 1.29 is 9.59 Å². The predicted octanol–water partition coefficient (Wildman–Crippen LogP) is 5.48. The van der Waals surface area contributed by atoms with Crippen LogP contribution in [0.5, 0.6) is 0 Å². The molecule has 0 aliphatic rings. The first kappa shape index (κ1) is 25.2. The normalized spacial score (nSPS) is 11.6. The summed E-state index contributed by atoms with van der Waals surface area (Å²) >= 11 is 0. The SMILES string of the molecule is CCCCNC(=O)[C@@H](Cc1ccccc1)N(Cc1cccc(C)c1)C(=O)CCc1ccccc1. The number of carbonyl (C=O) groups excluding carboxylic acids is 2. The van der Waals surface area contributed by atoms with E-state index < -0.39 is 6.04 Å². The first-order valence-corrected chi connectivity index (χ1v) is 12.3. The molecule has 2 amide bonds. The number of aryl methyl sites for hydroxylation is 2. The van der Waals surface area contributed by atoms with Gasteiger partial charge >= 0.3 is 0 Å². The minimum Gasteiger partial charge on any atom is -0.354 e. The van der Waals surface area contributed by atoms with Crippen LogP contribution in [0.4, 0.5) is 0 Å². The molecular formula is C30H36N2O2. The highest BCUT2D eigenvalue weighted by molar-refractivity contribution is 5.88. The van der Waals surface area contributed by atoms with Gasteiger partial charge in [0.25, 0.3) is 0 Å². The largest absolute Gasteiger partial charge is 0.354 e. The van der Waals surface area contributed by atoms with Crippen molar-refractivity contribution in [2.45, 2.75) is 58.5 Å². The first-order valence-electron chi connectivity index (χ1n) is 12.3. The molecule has 0 fully saturated rings. The number of hydrogen-bond donors (Lipinski definition) is 1. The monoisotopic (exact) mass is 456 g/mol. The fourth-order valence-corrected chi connectivity index (χ4v) is 4.11. The zero-order valence-electron chi connectivity index (χ0n) is 20.4. The van der Waals surface area contributed by atoms with Gasteiger partial charge in [0.1, 0.15) is 6.04 Å². The molecule has 1 N–H and O–H groups in total. The molecule has 0 bridgehead atoms. The second-order valence-electron chi connectivity index (χ2n) is 8.85. The molecule has 0 spiro atoms. The lowest BCUT2D eigenvalue weighted by atomic mass is 10.0. The summed E-state index contributed by atoms with van der Waals surface area (Å²) in [7, 11) is 0. The fraction of sp³-hybridized carbons (Fsp3) is 0.333. The van der Waals surface area contributed by atoms with Crippen molar-refractivity contribution in [2.75, 3.05) is 6.54 Å². The van der Waals surface area contributed by atoms with E-state index in [9.17, 15) is 9.59 Å². The van der Waals surface area contributed by atoms with Gasteiger partial charge in [0.05, 0.1) is 0 Å². The van der Waals surface area contributed by atoms with Crippen LogP contribution in [0, 0.1) is 6.92 Å². The van der Waals surface area contributed by atoms with Crippen LogP contribution in [0.25, 0.3) is 0 Å². The van der Waals surface area contributed by atoms with E-state index in [0.29, 0.717) is 32.4 Å². The molecule has 3 aromatic rings. The molecule has 0 saturated carbocycles. The molecule has 0 aromatic heterocycles. The number of carbonyl (C=O) groups is 2. The van der Waals surface area contributed by atoms with Gasteiger partial charge in [-0.15, -0.1) is 0 Å². The molecule has 3 aromatic carbocycles. The molecule has 4 nitrogen and oxygen atoms in total. The maximum absolute atomic E-state index is 13.6. The van der Waals surface area contributed by atoms with Gasteiger partial charge in [-0.2, -0.15) is 0 Å². The summed E-state index contributed by atoms with van der Waals surface area (Å²) in [6, 6.07) is 27.6. The number of hydrogen-bond acceptors (Lipinski definition) is 2. The number of benzene rings is 3. The summed E-state index contributed by atoms with van der Waals surface area (Å²) in [6.45, 7) is 5.18. The summed E-state index contributed by atoms with van der Waals surface area (Å²) in [5, 5.41) is 3.08. The molecule has 178 valence electrons. The van der Waals surface area contributed by atoms with Crippen LogP contribution in [0.3, 0.4) is 0 Å². The standard InChI is InChI=1S/C30H36N2O2/c1-3-4-20-31-30(34)28(22-26-15-9-6-10-16-26)32(23-27-17-11-12-24(2)21-27)29(33)19-18-25-13-7-5-8-14-25/h5-17,21,28H,3-4,18-20,22-23H2,1-2H3,(H,31,34)/t28-/m1/s1. The van der Waals surface area contributed by atoms with Crippen LogP contribution < -0.4 is 5.32 Å². The lowest BCUT2D eigenvalue weighted by Crippen LogP contribution is -2.50. The summed E-state index contributed by atoms with van der Waals surface area (Å²) in [5.41, 5.74) is 4.34. The maximum atomic E-state index is 13.6. The molecule has 3 rings (SSSR count). The van der Waals surface area contributed by atoms with Gasteiger partial charge in [0, 0.05) is 25.9 Å². The van der Waals surface area contributed by atoms with Crippen LogP contribution in [0.1, 0.15) is 48.4 Å². The Bertz CT molecular complexity index is 1030. The van der Waals surface area contributed by atoms with Gasteiger partial charge in [-0.25, -0.2) is 0 Å². The fourth-order valence-electron chi connectivity index (χ4n) is 4.11. The molecule has 34 heavy (non-hydrogen) atoms. The van der Waals surface area contributed by atoms with E-state index in [1.54, 1.807) is 4.90 Å². The average molecular weight is 457 g/mol. The zero-order chi connectivity index (χ0) is 24.2. The van der Waals surface area contributed by atoms with Crippen LogP contribution in [-0.4, -0.2) is 29.3 Å². The minimum absolute atomic E-state index is 0.00284. The van der Waals surface area contributed by atoms with Crippen LogP contribution in [0.15, 0.2) is 84.9 Å². The van der Waals surface area contributed by atoms with E-state index in [-0.39, 0.29) is 11.8 Å². The Morgan fingerprint density at radius 3 is 2.15 bits per heavy atom. The first-order chi connectivity index (χ1) is 16.6. The molecule has 0 saturated heterocycles. The van der Waals surface area contributed by atoms with Gasteiger partial charge in [0.15, 0.2) is 0 Å². The van der Waals surface area contributed by atoms with Crippen molar-refractivity contribution in [3.63, 3.8) is 0 Å². The molecule has 0 radical (unpaired) electrons. The summed E-state index contributed by atoms with van der Waals surface area (Å²) < 4.78 is 0. The zero-order valence-corrected chi connectivity index (χ0v) is 20.4. The quantitative estimate of drug-likeness (QED) is 0.367. The Hall–Kier alpha value is -3.40. The summed E-state index contributed by atoms with van der Waals surface area (Å²) in [6.07, 6.45) is 3.43. The third kappa shape index (κ3) is 7.87. The predicted molar refractivity (Wildman–Crippen MR) is 138 cm³/mol. The topological polar surface area (TPSA) is 49.4 Å². The highest BCUT2D eigenvalue weighted by atomic mass is 16.2. The lowest BCUT2D eigenvalue weighted by molar-refractivity contribution is -0.141. The van der Waals surface area contributed by atoms with E-state index in [2.05, 4.69) is 18.3 Å². The van der Waals surface area contributed by atoms with Gasteiger partial charge in [0.2, 0.25) is 11.8 Å². The van der Waals surface area contributed by atoms with Crippen LogP contribution >= 0.6 is 0 Å². The second kappa shape index (κ2) is 13.3. The number of unbranched alkanes of at least 4 members (excludes halogenated alkanes) is 1. The molecule has 0 unspecified atom stereocenters. The molecular weight excluding hydrogens is 420 g/mol. The highest BCUT2D eigenvalue weighted by Gasteiger charge is 2.30. The number of nitrogens with one attached hydrogen (secondary N) is 1. The van der Waals surface area contributed by atoms with E-state index in [0.717, 1.165) is 35.1 Å². The third-order valence-corrected chi connectivity index (χ3v) is 6.01. The Labute approximate surface area is 204 Å². The number of nitrogens with zero attached hydrogens (tertiary/aromatic N) is 1. The van der Waals surface area contributed by atoms with Gasteiger partial charge < -0.3 is 10.2 Å². The van der Waals surface area contributed by atoms with Crippen molar-refractivity contribution in [1.82, 2.24) is 10.2 Å². The lowest BCUT2D eigenvalue weighted by Gasteiger charge is -2.32. The summed E-state index contributed by atoms with van der Waals surface area (Å²) in [5.74, 6) is -0.0880. The second-order valence-corrected chi connectivity index (χ2v) is 8.85.